The van der Waals surface area contributed by atoms with Crippen LogP contribution in [0.25, 0.3) is 0 Å². The second-order valence-corrected chi connectivity index (χ2v) is 11.7. The first-order valence-corrected chi connectivity index (χ1v) is 19.3. The van der Waals surface area contributed by atoms with Gasteiger partial charge in [0.15, 0.2) is 0 Å². The molecule has 0 atom stereocenters. The monoisotopic (exact) mass is 722 g/mol. The summed E-state index contributed by atoms with van der Waals surface area (Å²) in [4.78, 5) is 26.6. The molecule has 0 fully saturated rings. The molecule has 1 aromatic rings. The Bertz CT molecular complexity index is 860. The molecule has 0 aliphatic carbocycles. The minimum Gasteiger partial charge on any atom is -0.377 e. The molecule has 2 amide bonds. The molecule has 1 aromatic heterocycles. The minimum atomic E-state index is -0.345. The molecule has 0 N–H and O–H groups in total. The first-order chi connectivity index (χ1) is 21.2. The SMILES string of the molecule is [CH3][Sn][CH2]OCCOCCOCCOCCOCCOCCOCCOCCOCCn1cc(CN2C(=O)C=CC2=O)nn1. The Morgan fingerprint density at radius 1 is 0.581 bits per heavy atom. The summed E-state index contributed by atoms with van der Waals surface area (Å²) >= 11 is -0.255. The van der Waals surface area contributed by atoms with E-state index >= 15 is 0 Å². The van der Waals surface area contributed by atoms with E-state index in [0.717, 1.165) is 9.52 Å². The first kappa shape index (κ1) is 37.6. The number of ether oxygens (including phenoxy) is 9. The third-order valence-electron chi connectivity index (χ3n) is 5.49. The van der Waals surface area contributed by atoms with E-state index in [0.29, 0.717) is 125 Å². The molecule has 0 unspecified atom stereocenters. The van der Waals surface area contributed by atoms with Crippen LogP contribution in [-0.4, -0.2) is 170 Å². The van der Waals surface area contributed by atoms with Gasteiger partial charge < -0.3 is 23.7 Å². The van der Waals surface area contributed by atoms with E-state index in [1.54, 1.807) is 10.9 Å². The van der Waals surface area contributed by atoms with Gasteiger partial charge in [0.1, 0.15) is 5.69 Å². The zero-order chi connectivity index (χ0) is 30.6. The maximum atomic E-state index is 11.6. The molecular weight excluding hydrogens is 675 g/mol. The Morgan fingerprint density at radius 2 is 0.953 bits per heavy atom. The number of carbonyl (C=O) groups is 2. The Kier molecular flexibility index (Phi) is 23.5. The molecule has 2 rings (SSSR count). The summed E-state index contributed by atoms with van der Waals surface area (Å²) in [6.45, 7) is 9.34. The Morgan fingerprint density at radius 3 is 1.35 bits per heavy atom. The second kappa shape index (κ2) is 26.8. The van der Waals surface area contributed by atoms with Crippen molar-refractivity contribution in [3.63, 3.8) is 0 Å². The van der Waals surface area contributed by atoms with Crippen molar-refractivity contribution in [2.75, 3.05) is 117 Å². The minimum absolute atomic E-state index is 0.101. The molecule has 244 valence electrons. The van der Waals surface area contributed by atoms with Crippen molar-refractivity contribution < 1.29 is 52.2 Å². The molecule has 2 heterocycles. The molecule has 15 nitrogen and oxygen atoms in total. The molecule has 43 heavy (non-hydrogen) atoms. The maximum absolute atomic E-state index is 11.6. The zero-order valence-electron chi connectivity index (χ0n) is 25.2. The van der Waals surface area contributed by atoms with Crippen molar-refractivity contribution in [1.82, 2.24) is 19.9 Å². The smallest absolute Gasteiger partial charge is 0.377 e. The summed E-state index contributed by atoms with van der Waals surface area (Å²) in [5.74, 6) is -0.691. The third kappa shape index (κ3) is 20.2. The van der Waals surface area contributed by atoms with Gasteiger partial charge in [-0.2, -0.15) is 0 Å². The Hall–Kier alpha value is -1.54. The average molecular weight is 721 g/mol. The summed E-state index contributed by atoms with van der Waals surface area (Å²) in [6, 6.07) is 0. The van der Waals surface area contributed by atoms with E-state index in [1.165, 1.54) is 12.2 Å². The van der Waals surface area contributed by atoms with Gasteiger partial charge in [-0.05, 0) is 0 Å². The normalized spacial score (nSPS) is 13.2. The van der Waals surface area contributed by atoms with E-state index in [2.05, 4.69) is 15.3 Å². The second-order valence-electron chi connectivity index (χ2n) is 8.87. The van der Waals surface area contributed by atoms with Crippen LogP contribution in [0.4, 0.5) is 0 Å². The van der Waals surface area contributed by atoms with E-state index in [-0.39, 0.29) is 39.5 Å². The van der Waals surface area contributed by atoms with E-state index in [4.69, 9.17) is 42.6 Å². The third-order valence-corrected chi connectivity index (χ3v) is 6.90. The number of nitrogens with zero attached hydrogens (tertiary/aromatic N) is 4. The van der Waals surface area contributed by atoms with Gasteiger partial charge in [-0.1, -0.05) is 5.21 Å². The number of amides is 2. The molecule has 0 saturated carbocycles. The van der Waals surface area contributed by atoms with Gasteiger partial charge in [0.2, 0.25) is 0 Å². The fourth-order valence-electron chi connectivity index (χ4n) is 3.36. The average Bonchev–Trinajstić information content (AvgIpc) is 3.60. The van der Waals surface area contributed by atoms with Crippen molar-refractivity contribution in [2.24, 2.45) is 0 Å². The van der Waals surface area contributed by atoms with Crippen LogP contribution >= 0.6 is 0 Å². The Balaban J connectivity index is 1.22. The fraction of sp³-hybridized carbons (Fsp3) is 0.778. The van der Waals surface area contributed by atoms with E-state index in [9.17, 15) is 9.59 Å². The number of aromatic nitrogens is 3. The predicted molar refractivity (Wildman–Crippen MR) is 154 cm³/mol. The molecular formula is C27H46N4O11Sn. The first-order valence-electron chi connectivity index (χ1n) is 14.5. The van der Waals surface area contributed by atoms with Gasteiger partial charge in [-0.15, -0.1) is 5.10 Å². The van der Waals surface area contributed by atoms with Crippen LogP contribution in [0.1, 0.15) is 5.69 Å². The summed E-state index contributed by atoms with van der Waals surface area (Å²) in [5.41, 5.74) is 0.536. The van der Waals surface area contributed by atoms with Crippen molar-refractivity contribution in [1.29, 1.82) is 0 Å². The zero-order valence-corrected chi connectivity index (χ0v) is 28.0. The summed E-state index contributed by atoms with van der Waals surface area (Å²) in [5, 5.41) is 7.97. The molecule has 1 aliphatic rings. The fourth-order valence-corrected chi connectivity index (χ4v) is 4.36. The predicted octanol–water partition coefficient (Wildman–Crippen LogP) is -0.438. The van der Waals surface area contributed by atoms with Crippen LogP contribution in [0, 0.1) is 0 Å². The molecule has 0 saturated heterocycles. The van der Waals surface area contributed by atoms with Crippen LogP contribution in [0.2, 0.25) is 4.94 Å². The van der Waals surface area contributed by atoms with Crippen molar-refractivity contribution in [2.45, 2.75) is 18.0 Å². The van der Waals surface area contributed by atoms with Gasteiger partial charge >= 0.3 is 95.9 Å². The van der Waals surface area contributed by atoms with Crippen LogP contribution in [0.15, 0.2) is 18.3 Å². The van der Waals surface area contributed by atoms with Crippen LogP contribution < -0.4 is 0 Å². The number of imide groups is 1. The standard InChI is InChI=1S/C26H43N4O11.CH3.Sn/c1-33-6-7-35-10-11-37-14-15-39-18-19-41-21-20-40-17-16-38-13-12-36-9-8-34-5-4-29-22-24(27-28-29)23-30-25(31)2-3-26(30)32;;/h2-3,22H,1,4-21,23H2;1H3;. The summed E-state index contributed by atoms with van der Waals surface area (Å²) in [7, 11) is 0. The molecule has 0 aromatic carbocycles. The van der Waals surface area contributed by atoms with E-state index in [1.807, 2.05) is 0 Å². The van der Waals surface area contributed by atoms with Gasteiger partial charge in [0.25, 0.3) is 11.8 Å². The van der Waals surface area contributed by atoms with Gasteiger partial charge in [0, 0.05) is 12.2 Å². The van der Waals surface area contributed by atoms with Gasteiger partial charge in [-0.3, -0.25) is 14.5 Å². The van der Waals surface area contributed by atoms with Crippen molar-refractivity contribution in [3.8, 4) is 0 Å². The molecule has 2 radical (unpaired) electrons. The van der Waals surface area contributed by atoms with Crippen molar-refractivity contribution in [3.05, 3.63) is 24.0 Å². The summed E-state index contributed by atoms with van der Waals surface area (Å²) < 4.78 is 51.7. The number of hydrogen-bond donors (Lipinski definition) is 0. The molecule has 1 aliphatic heterocycles. The van der Waals surface area contributed by atoms with Gasteiger partial charge in [0.05, 0.1) is 85.4 Å². The summed E-state index contributed by atoms with van der Waals surface area (Å²) in [6.07, 6.45) is 4.18. The van der Waals surface area contributed by atoms with E-state index < -0.39 is 0 Å². The number of rotatable bonds is 31. The molecule has 0 spiro atoms. The Labute approximate surface area is 263 Å². The van der Waals surface area contributed by atoms with Crippen LogP contribution in [-0.2, 0) is 65.3 Å². The van der Waals surface area contributed by atoms with Crippen molar-refractivity contribution >= 4 is 33.0 Å². The van der Waals surface area contributed by atoms with Crippen LogP contribution in [0.3, 0.4) is 0 Å². The molecule has 16 heteroatoms. The number of hydrogen-bond acceptors (Lipinski definition) is 13. The molecule has 0 bridgehead atoms. The van der Waals surface area contributed by atoms with Gasteiger partial charge in [-0.25, -0.2) is 4.68 Å². The van der Waals surface area contributed by atoms with Crippen LogP contribution in [0.5, 0.6) is 0 Å². The quantitative estimate of drug-likeness (QED) is 0.0555. The number of carbonyl (C=O) groups excluding carboxylic acids is 2. The topological polar surface area (TPSA) is 151 Å².